The topological polar surface area (TPSA) is 59.0 Å². The molecule has 20 heavy (non-hydrogen) atoms. The molecule has 2 aliphatic rings. The molecule has 1 aliphatic heterocycles. The van der Waals surface area contributed by atoms with Gasteiger partial charge in [-0.25, -0.2) is 0 Å². The number of carboxylic acid groups (broad SMARTS) is 1. The van der Waals surface area contributed by atoms with Gasteiger partial charge in [-0.05, 0) is 38.6 Å². The number of methoxy groups -OCH3 is 1. The van der Waals surface area contributed by atoms with Crippen molar-refractivity contribution in [2.45, 2.75) is 57.2 Å². The fourth-order valence-electron chi connectivity index (χ4n) is 3.60. The molecule has 1 saturated carbocycles. The van der Waals surface area contributed by atoms with Crippen LogP contribution in [0.1, 0.15) is 39.0 Å². The maximum atomic E-state index is 11.4. The van der Waals surface area contributed by atoms with Crippen LogP contribution in [0, 0.1) is 5.92 Å². The lowest BCUT2D eigenvalue weighted by Gasteiger charge is -2.40. The normalized spacial score (nSPS) is 34.5. The van der Waals surface area contributed by atoms with Crippen LogP contribution in [0.4, 0.5) is 0 Å². The van der Waals surface area contributed by atoms with Gasteiger partial charge in [0, 0.05) is 19.2 Å². The molecule has 1 saturated heterocycles. The molecule has 2 fully saturated rings. The van der Waals surface area contributed by atoms with Gasteiger partial charge in [0.1, 0.15) is 0 Å². The summed E-state index contributed by atoms with van der Waals surface area (Å²) in [4.78, 5) is 13.8. The third-order valence-corrected chi connectivity index (χ3v) is 4.72. The van der Waals surface area contributed by atoms with E-state index in [9.17, 15) is 9.90 Å². The number of hydrogen-bond acceptors (Lipinski definition) is 4. The van der Waals surface area contributed by atoms with E-state index in [-0.39, 0.29) is 12.0 Å². The molecular formula is C15H27NO4. The van der Waals surface area contributed by atoms with Crippen molar-refractivity contribution in [1.82, 2.24) is 4.90 Å². The summed E-state index contributed by atoms with van der Waals surface area (Å²) in [5.41, 5.74) is 0. The number of aliphatic carboxylic acids is 1. The van der Waals surface area contributed by atoms with E-state index in [0.717, 1.165) is 38.6 Å². The SMILES string of the molecule is CCCN(C1CCC(OC)CC1)C1COCC1C(=O)O. The third kappa shape index (κ3) is 3.51. The quantitative estimate of drug-likeness (QED) is 0.806. The Morgan fingerprint density at radius 1 is 1.30 bits per heavy atom. The Morgan fingerprint density at radius 2 is 2.00 bits per heavy atom. The molecule has 1 heterocycles. The highest BCUT2D eigenvalue weighted by Gasteiger charge is 2.40. The monoisotopic (exact) mass is 285 g/mol. The van der Waals surface area contributed by atoms with Crippen LogP contribution in [0.2, 0.25) is 0 Å². The van der Waals surface area contributed by atoms with Crippen LogP contribution < -0.4 is 0 Å². The van der Waals surface area contributed by atoms with E-state index in [1.165, 1.54) is 0 Å². The van der Waals surface area contributed by atoms with Crippen LogP contribution in [-0.2, 0) is 14.3 Å². The van der Waals surface area contributed by atoms with Crippen LogP contribution in [0.15, 0.2) is 0 Å². The summed E-state index contributed by atoms with van der Waals surface area (Å²) >= 11 is 0. The third-order valence-electron chi connectivity index (χ3n) is 4.72. The largest absolute Gasteiger partial charge is 0.481 e. The predicted molar refractivity (Wildman–Crippen MR) is 75.8 cm³/mol. The van der Waals surface area contributed by atoms with Crippen LogP contribution in [0.25, 0.3) is 0 Å². The molecule has 2 atom stereocenters. The minimum Gasteiger partial charge on any atom is -0.481 e. The van der Waals surface area contributed by atoms with Gasteiger partial charge in [0.05, 0.1) is 25.2 Å². The molecule has 0 aromatic rings. The fraction of sp³-hybridized carbons (Fsp3) is 0.933. The van der Waals surface area contributed by atoms with Gasteiger partial charge in [0.2, 0.25) is 0 Å². The van der Waals surface area contributed by atoms with Crippen molar-refractivity contribution in [2.75, 3.05) is 26.9 Å². The van der Waals surface area contributed by atoms with Gasteiger partial charge in [0.15, 0.2) is 0 Å². The van der Waals surface area contributed by atoms with E-state index >= 15 is 0 Å². The summed E-state index contributed by atoms with van der Waals surface area (Å²) in [6, 6.07) is 0.520. The first-order valence-electron chi connectivity index (χ1n) is 7.76. The van der Waals surface area contributed by atoms with Gasteiger partial charge < -0.3 is 14.6 Å². The summed E-state index contributed by atoms with van der Waals surface area (Å²) in [5.74, 6) is -1.10. The van der Waals surface area contributed by atoms with Crippen molar-refractivity contribution in [3.05, 3.63) is 0 Å². The van der Waals surface area contributed by atoms with Crippen molar-refractivity contribution in [2.24, 2.45) is 5.92 Å². The summed E-state index contributed by atoms with van der Waals surface area (Å²) < 4.78 is 10.9. The molecular weight excluding hydrogens is 258 g/mol. The molecule has 1 N–H and O–H groups in total. The van der Waals surface area contributed by atoms with Gasteiger partial charge in [-0.1, -0.05) is 6.92 Å². The Hall–Kier alpha value is -0.650. The zero-order chi connectivity index (χ0) is 14.5. The Balaban J connectivity index is 2.01. The number of hydrogen-bond donors (Lipinski definition) is 1. The molecule has 2 unspecified atom stereocenters. The lowest BCUT2D eigenvalue weighted by Crippen LogP contribution is -2.50. The first-order valence-corrected chi connectivity index (χ1v) is 7.76. The van der Waals surface area contributed by atoms with E-state index in [0.29, 0.717) is 25.4 Å². The highest BCUT2D eigenvalue weighted by Crippen LogP contribution is 2.30. The minimum absolute atomic E-state index is 0.0385. The van der Waals surface area contributed by atoms with Gasteiger partial charge in [-0.2, -0.15) is 0 Å². The number of carboxylic acids is 1. The molecule has 0 aromatic carbocycles. The second kappa shape index (κ2) is 7.38. The van der Waals surface area contributed by atoms with Crippen molar-refractivity contribution in [3.63, 3.8) is 0 Å². The van der Waals surface area contributed by atoms with Crippen LogP contribution >= 0.6 is 0 Å². The summed E-state index contributed by atoms with van der Waals surface area (Å²) in [6.07, 6.45) is 5.78. The number of ether oxygens (including phenoxy) is 2. The van der Waals surface area contributed by atoms with E-state index in [1.54, 1.807) is 7.11 Å². The van der Waals surface area contributed by atoms with Crippen molar-refractivity contribution >= 4 is 5.97 Å². The van der Waals surface area contributed by atoms with Gasteiger partial charge in [-0.3, -0.25) is 9.69 Å². The standard InChI is InChI=1S/C15H27NO4/c1-3-8-16(11-4-6-12(19-2)7-5-11)14-10-20-9-13(14)15(17)18/h11-14H,3-10H2,1-2H3,(H,17,18). The first kappa shape index (κ1) is 15.7. The van der Waals surface area contributed by atoms with Crippen LogP contribution in [0.5, 0.6) is 0 Å². The zero-order valence-corrected chi connectivity index (χ0v) is 12.6. The predicted octanol–water partition coefficient (Wildman–Crippen LogP) is 1.76. The molecule has 0 aromatic heterocycles. The molecule has 1 aliphatic carbocycles. The zero-order valence-electron chi connectivity index (χ0n) is 12.6. The Kier molecular flexibility index (Phi) is 5.81. The smallest absolute Gasteiger partial charge is 0.310 e. The summed E-state index contributed by atoms with van der Waals surface area (Å²) in [7, 11) is 1.78. The van der Waals surface area contributed by atoms with E-state index in [4.69, 9.17) is 9.47 Å². The van der Waals surface area contributed by atoms with Gasteiger partial charge >= 0.3 is 5.97 Å². The van der Waals surface area contributed by atoms with E-state index < -0.39 is 5.97 Å². The molecule has 5 heteroatoms. The second-order valence-corrected chi connectivity index (χ2v) is 5.95. The number of carbonyl (C=O) groups is 1. The second-order valence-electron chi connectivity index (χ2n) is 5.95. The maximum Gasteiger partial charge on any atom is 0.310 e. The fourth-order valence-corrected chi connectivity index (χ4v) is 3.60. The highest BCUT2D eigenvalue weighted by molar-refractivity contribution is 5.71. The maximum absolute atomic E-state index is 11.4. The Morgan fingerprint density at radius 3 is 2.55 bits per heavy atom. The van der Waals surface area contributed by atoms with E-state index in [1.807, 2.05) is 0 Å². The number of nitrogens with zero attached hydrogens (tertiary/aromatic N) is 1. The first-order chi connectivity index (χ1) is 9.67. The minimum atomic E-state index is -0.723. The van der Waals surface area contributed by atoms with E-state index in [2.05, 4.69) is 11.8 Å². The molecule has 116 valence electrons. The Bertz CT molecular complexity index is 315. The van der Waals surface area contributed by atoms with Crippen molar-refractivity contribution in [1.29, 1.82) is 0 Å². The van der Waals surface area contributed by atoms with Gasteiger partial charge in [-0.15, -0.1) is 0 Å². The molecule has 5 nitrogen and oxygen atoms in total. The van der Waals surface area contributed by atoms with Crippen LogP contribution in [0.3, 0.4) is 0 Å². The van der Waals surface area contributed by atoms with Crippen molar-refractivity contribution in [3.8, 4) is 0 Å². The lowest BCUT2D eigenvalue weighted by atomic mass is 9.89. The highest BCUT2D eigenvalue weighted by atomic mass is 16.5. The molecule has 2 rings (SSSR count). The van der Waals surface area contributed by atoms with Gasteiger partial charge in [0.25, 0.3) is 0 Å². The molecule has 0 radical (unpaired) electrons. The summed E-state index contributed by atoms with van der Waals surface area (Å²) in [5, 5.41) is 9.35. The average molecular weight is 285 g/mol. The molecule has 0 spiro atoms. The number of rotatable bonds is 6. The molecule has 0 bridgehead atoms. The van der Waals surface area contributed by atoms with Crippen molar-refractivity contribution < 1.29 is 19.4 Å². The summed E-state index contributed by atoms with van der Waals surface area (Å²) in [6.45, 7) is 4.02. The van der Waals surface area contributed by atoms with Crippen LogP contribution in [-0.4, -0.2) is 61.0 Å². The Labute approximate surface area is 121 Å². The average Bonchev–Trinajstić information content (AvgIpc) is 2.94. The lowest BCUT2D eigenvalue weighted by molar-refractivity contribution is -0.143. The molecule has 0 amide bonds.